The zero-order chi connectivity index (χ0) is 13.3. The minimum Gasteiger partial charge on any atom is -0.354 e. The summed E-state index contributed by atoms with van der Waals surface area (Å²) < 4.78 is 2.11. The summed E-state index contributed by atoms with van der Waals surface area (Å²) in [4.78, 5) is 30.3. The van der Waals surface area contributed by atoms with Crippen LogP contribution in [0.5, 0.6) is 0 Å². The standard InChI is InChI=1S/C10H14N6O2/c1-6(7-11-4-5-12-7)13-8-9(17)15(2)10(18)16(3)14-8/h4-6H,1-3H3,(H,11,12)(H,13,14). The third-order valence-corrected chi connectivity index (χ3v) is 2.60. The van der Waals surface area contributed by atoms with Crippen LogP contribution in [0.3, 0.4) is 0 Å². The van der Waals surface area contributed by atoms with Crippen LogP contribution in [0, 0.1) is 0 Å². The highest BCUT2D eigenvalue weighted by Gasteiger charge is 2.13. The van der Waals surface area contributed by atoms with Crippen molar-refractivity contribution in [3.05, 3.63) is 39.1 Å². The number of rotatable bonds is 3. The van der Waals surface area contributed by atoms with Crippen molar-refractivity contribution in [3.8, 4) is 0 Å². The Kier molecular flexibility index (Phi) is 3.00. The van der Waals surface area contributed by atoms with Crippen LogP contribution in [0.25, 0.3) is 0 Å². The van der Waals surface area contributed by atoms with E-state index in [0.717, 1.165) is 9.25 Å². The molecule has 2 rings (SSSR count). The Labute approximate surface area is 102 Å². The number of imidazole rings is 1. The van der Waals surface area contributed by atoms with Crippen LogP contribution in [0.4, 0.5) is 5.82 Å². The lowest BCUT2D eigenvalue weighted by Crippen LogP contribution is -2.40. The molecule has 0 fully saturated rings. The van der Waals surface area contributed by atoms with Gasteiger partial charge >= 0.3 is 5.69 Å². The molecule has 8 heteroatoms. The highest BCUT2D eigenvalue weighted by Crippen LogP contribution is 2.10. The van der Waals surface area contributed by atoms with E-state index >= 15 is 0 Å². The van der Waals surface area contributed by atoms with Gasteiger partial charge in [0.05, 0.1) is 6.04 Å². The molecule has 2 N–H and O–H groups in total. The largest absolute Gasteiger partial charge is 0.354 e. The number of hydrogen-bond acceptors (Lipinski definition) is 5. The molecule has 0 aliphatic carbocycles. The van der Waals surface area contributed by atoms with Crippen LogP contribution in [0.1, 0.15) is 18.8 Å². The van der Waals surface area contributed by atoms with Crippen molar-refractivity contribution in [1.29, 1.82) is 0 Å². The van der Waals surface area contributed by atoms with Gasteiger partial charge in [0.1, 0.15) is 5.82 Å². The smallest absolute Gasteiger partial charge is 0.346 e. The average Bonchev–Trinajstić information content (AvgIpc) is 2.87. The van der Waals surface area contributed by atoms with Crippen LogP contribution < -0.4 is 16.6 Å². The average molecular weight is 250 g/mol. The molecule has 96 valence electrons. The summed E-state index contributed by atoms with van der Waals surface area (Å²) in [6, 6.07) is -0.210. The van der Waals surface area contributed by atoms with Gasteiger partial charge in [0.25, 0.3) is 5.56 Å². The van der Waals surface area contributed by atoms with Gasteiger partial charge < -0.3 is 10.3 Å². The fourth-order valence-corrected chi connectivity index (χ4v) is 1.58. The maximum absolute atomic E-state index is 11.8. The molecule has 2 heterocycles. The molecular formula is C10H14N6O2. The number of anilines is 1. The first-order valence-electron chi connectivity index (χ1n) is 5.41. The van der Waals surface area contributed by atoms with Crippen LogP contribution in [-0.4, -0.2) is 24.3 Å². The molecule has 0 aliphatic rings. The topological polar surface area (TPSA) is 97.6 Å². The van der Waals surface area contributed by atoms with E-state index < -0.39 is 11.2 Å². The Morgan fingerprint density at radius 1 is 1.39 bits per heavy atom. The van der Waals surface area contributed by atoms with Gasteiger partial charge in [0, 0.05) is 26.5 Å². The molecule has 2 aromatic heterocycles. The summed E-state index contributed by atoms with van der Waals surface area (Å²) in [6.07, 6.45) is 3.32. The van der Waals surface area contributed by atoms with Gasteiger partial charge in [-0.2, -0.15) is 0 Å². The highest BCUT2D eigenvalue weighted by atomic mass is 16.2. The molecule has 0 aliphatic heterocycles. The monoisotopic (exact) mass is 250 g/mol. The van der Waals surface area contributed by atoms with Crippen molar-refractivity contribution in [2.75, 3.05) is 5.32 Å². The Hall–Kier alpha value is -2.38. The maximum atomic E-state index is 11.8. The molecule has 0 saturated carbocycles. The molecule has 0 saturated heterocycles. The molecular weight excluding hydrogens is 236 g/mol. The molecule has 18 heavy (non-hydrogen) atoms. The van der Waals surface area contributed by atoms with E-state index in [1.54, 1.807) is 12.4 Å². The summed E-state index contributed by atoms with van der Waals surface area (Å²) in [7, 11) is 2.90. The third-order valence-electron chi connectivity index (χ3n) is 2.60. The quantitative estimate of drug-likeness (QED) is 0.756. The summed E-state index contributed by atoms with van der Waals surface area (Å²) in [5.41, 5.74) is -0.923. The van der Waals surface area contributed by atoms with Gasteiger partial charge in [-0.25, -0.2) is 14.5 Å². The lowest BCUT2D eigenvalue weighted by Gasteiger charge is -2.12. The fourth-order valence-electron chi connectivity index (χ4n) is 1.58. The molecule has 0 spiro atoms. The Morgan fingerprint density at radius 3 is 2.72 bits per heavy atom. The number of hydrogen-bond donors (Lipinski definition) is 2. The van der Waals surface area contributed by atoms with Crippen molar-refractivity contribution >= 4 is 5.82 Å². The maximum Gasteiger partial charge on any atom is 0.346 e. The van der Waals surface area contributed by atoms with E-state index in [1.807, 2.05) is 6.92 Å². The lowest BCUT2D eigenvalue weighted by atomic mass is 10.3. The predicted octanol–water partition coefficient (Wildman–Crippen LogP) is -0.625. The minimum absolute atomic E-state index is 0.114. The fraction of sp³-hybridized carbons (Fsp3) is 0.400. The number of aromatic nitrogens is 5. The van der Waals surface area contributed by atoms with Crippen LogP contribution in [0.2, 0.25) is 0 Å². The summed E-state index contributed by atoms with van der Waals surface area (Å²) >= 11 is 0. The molecule has 0 amide bonds. The normalized spacial score (nSPS) is 12.4. The van der Waals surface area contributed by atoms with Crippen LogP contribution >= 0.6 is 0 Å². The third kappa shape index (κ3) is 2.04. The molecule has 2 aromatic rings. The van der Waals surface area contributed by atoms with Crippen molar-refractivity contribution in [1.82, 2.24) is 24.3 Å². The van der Waals surface area contributed by atoms with Gasteiger partial charge in [-0.1, -0.05) is 0 Å². The zero-order valence-corrected chi connectivity index (χ0v) is 10.3. The second kappa shape index (κ2) is 4.47. The molecule has 1 unspecified atom stereocenters. The Balaban J connectivity index is 2.36. The molecule has 1 atom stereocenters. The highest BCUT2D eigenvalue weighted by molar-refractivity contribution is 5.32. The molecule has 0 radical (unpaired) electrons. The lowest BCUT2D eigenvalue weighted by molar-refractivity contribution is 0.599. The Morgan fingerprint density at radius 2 is 2.11 bits per heavy atom. The minimum atomic E-state index is -0.462. The summed E-state index contributed by atoms with van der Waals surface area (Å²) in [5.74, 6) is 0.802. The first kappa shape index (κ1) is 12.1. The van der Waals surface area contributed by atoms with Gasteiger partial charge in [0.2, 0.25) is 5.82 Å². The van der Waals surface area contributed by atoms with Gasteiger partial charge in [0.15, 0.2) is 0 Å². The van der Waals surface area contributed by atoms with E-state index in [2.05, 4.69) is 20.4 Å². The van der Waals surface area contributed by atoms with Crippen molar-refractivity contribution in [2.24, 2.45) is 14.1 Å². The van der Waals surface area contributed by atoms with E-state index in [1.165, 1.54) is 14.1 Å². The predicted molar refractivity (Wildman–Crippen MR) is 65.3 cm³/mol. The van der Waals surface area contributed by atoms with E-state index in [-0.39, 0.29) is 11.9 Å². The van der Waals surface area contributed by atoms with Crippen molar-refractivity contribution in [3.63, 3.8) is 0 Å². The van der Waals surface area contributed by atoms with Gasteiger partial charge in [-0.3, -0.25) is 9.36 Å². The van der Waals surface area contributed by atoms with Crippen LogP contribution in [0.15, 0.2) is 22.0 Å². The number of nitrogens with one attached hydrogen (secondary N) is 2. The number of nitrogens with zero attached hydrogens (tertiary/aromatic N) is 4. The molecule has 0 bridgehead atoms. The molecule has 8 nitrogen and oxygen atoms in total. The number of aromatic amines is 1. The van der Waals surface area contributed by atoms with Crippen molar-refractivity contribution in [2.45, 2.75) is 13.0 Å². The first-order valence-corrected chi connectivity index (χ1v) is 5.41. The Bertz CT molecular complexity index is 654. The second-order valence-corrected chi connectivity index (χ2v) is 3.96. The SMILES string of the molecule is CC(Nc1nn(C)c(=O)n(C)c1=O)c1ncc[nH]1. The summed E-state index contributed by atoms with van der Waals surface area (Å²) in [6.45, 7) is 1.84. The number of H-pyrrole nitrogens is 1. The van der Waals surface area contributed by atoms with Crippen molar-refractivity contribution < 1.29 is 0 Å². The number of aryl methyl sites for hydroxylation is 1. The van der Waals surface area contributed by atoms with Crippen LogP contribution in [-0.2, 0) is 14.1 Å². The molecule has 0 aromatic carbocycles. The van der Waals surface area contributed by atoms with Gasteiger partial charge in [-0.15, -0.1) is 5.10 Å². The second-order valence-electron chi connectivity index (χ2n) is 3.96. The van der Waals surface area contributed by atoms with Gasteiger partial charge in [-0.05, 0) is 6.92 Å². The summed E-state index contributed by atoms with van der Waals surface area (Å²) in [5, 5.41) is 6.82. The van der Waals surface area contributed by atoms with E-state index in [4.69, 9.17) is 0 Å². The zero-order valence-electron chi connectivity index (χ0n) is 10.3. The first-order chi connectivity index (χ1) is 8.50. The van der Waals surface area contributed by atoms with E-state index in [0.29, 0.717) is 5.82 Å². The van der Waals surface area contributed by atoms with E-state index in [9.17, 15) is 9.59 Å².